The van der Waals surface area contributed by atoms with E-state index in [1.165, 1.54) is 18.2 Å². The van der Waals surface area contributed by atoms with Gasteiger partial charge in [-0.25, -0.2) is 13.1 Å². The lowest BCUT2D eigenvalue weighted by atomic mass is 9.81. The number of hydrogen-bond acceptors (Lipinski definition) is 3. The molecule has 104 valence electrons. The Labute approximate surface area is 120 Å². The van der Waals surface area contributed by atoms with E-state index in [1.54, 1.807) is 0 Å². The Bertz CT molecular complexity index is 611. The molecule has 5 nitrogen and oxygen atoms in total. The number of aliphatic carboxylic acids is 1. The van der Waals surface area contributed by atoms with Crippen LogP contribution < -0.4 is 4.72 Å². The number of carboxylic acids is 1. The number of nitrogens with one attached hydrogen (secondary N) is 1. The van der Waals surface area contributed by atoms with Crippen molar-refractivity contribution in [3.8, 4) is 0 Å². The zero-order valence-electron chi connectivity index (χ0n) is 9.64. The van der Waals surface area contributed by atoms with Gasteiger partial charge >= 0.3 is 5.97 Å². The van der Waals surface area contributed by atoms with Gasteiger partial charge < -0.3 is 5.11 Å². The summed E-state index contributed by atoms with van der Waals surface area (Å²) in [4.78, 5) is 10.6. The minimum Gasteiger partial charge on any atom is -0.481 e. The molecule has 0 bridgehead atoms. The maximum atomic E-state index is 12.1. The van der Waals surface area contributed by atoms with Gasteiger partial charge in [0.2, 0.25) is 10.0 Å². The first-order valence-corrected chi connectivity index (χ1v) is 7.73. The summed E-state index contributed by atoms with van der Waals surface area (Å²) >= 11 is 11.5. The summed E-state index contributed by atoms with van der Waals surface area (Å²) in [6.07, 6.45) is 0.583. The van der Waals surface area contributed by atoms with Gasteiger partial charge in [0.15, 0.2) is 0 Å². The minimum absolute atomic E-state index is 0.0362. The van der Waals surface area contributed by atoms with E-state index in [4.69, 9.17) is 28.3 Å². The lowest BCUT2D eigenvalue weighted by Crippen LogP contribution is -2.46. The summed E-state index contributed by atoms with van der Waals surface area (Å²) in [6.45, 7) is 0. The summed E-state index contributed by atoms with van der Waals surface area (Å²) in [7, 11) is -3.75. The van der Waals surface area contributed by atoms with Crippen molar-refractivity contribution in [1.29, 1.82) is 0 Å². The smallest absolute Gasteiger partial charge is 0.306 e. The Morgan fingerprint density at radius 1 is 1.32 bits per heavy atom. The number of rotatable bonds is 4. The lowest BCUT2D eigenvalue weighted by molar-refractivity contribution is -0.145. The van der Waals surface area contributed by atoms with Crippen LogP contribution in [0.5, 0.6) is 0 Å². The van der Waals surface area contributed by atoms with E-state index in [9.17, 15) is 13.2 Å². The predicted molar refractivity (Wildman–Crippen MR) is 70.9 cm³/mol. The van der Waals surface area contributed by atoms with E-state index in [0.717, 1.165) is 0 Å². The molecule has 2 rings (SSSR count). The van der Waals surface area contributed by atoms with Crippen LogP contribution in [-0.2, 0) is 14.8 Å². The average Bonchev–Trinajstić information content (AvgIpc) is 2.21. The zero-order chi connectivity index (χ0) is 14.2. The highest BCUT2D eigenvalue weighted by Gasteiger charge is 2.37. The minimum atomic E-state index is -3.75. The molecule has 0 amide bonds. The fraction of sp³-hybridized carbons (Fsp3) is 0.364. The normalized spacial score (nSPS) is 22.8. The van der Waals surface area contributed by atoms with Gasteiger partial charge in [-0.1, -0.05) is 23.2 Å². The third-order valence-electron chi connectivity index (χ3n) is 2.99. The van der Waals surface area contributed by atoms with Crippen LogP contribution in [0.2, 0.25) is 10.0 Å². The number of carboxylic acid groups (broad SMARTS) is 1. The highest BCUT2D eigenvalue weighted by Crippen LogP contribution is 2.30. The highest BCUT2D eigenvalue weighted by atomic mass is 35.5. The van der Waals surface area contributed by atoms with E-state index in [2.05, 4.69) is 4.72 Å². The Balaban J connectivity index is 2.09. The number of sulfonamides is 1. The second kappa shape index (κ2) is 5.28. The summed E-state index contributed by atoms with van der Waals surface area (Å²) in [5.74, 6) is -1.38. The first-order valence-electron chi connectivity index (χ1n) is 5.50. The fourth-order valence-corrected chi connectivity index (χ4v) is 3.93. The molecule has 1 saturated carbocycles. The molecule has 19 heavy (non-hydrogen) atoms. The molecule has 1 aromatic carbocycles. The Kier molecular flexibility index (Phi) is 4.06. The van der Waals surface area contributed by atoms with E-state index in [0.29, 0.717) is 17.9 Å². The molecule has 0 saturated heterocycles. The van der Waals surface area contributed by atoms with E-state index in [-0.39, 0.29) is 16.0 Å². The van der Waals surface area contributed by atoms with Gasteiger partial charge in [-0.3, -0.25) is 4.79 Å². The van der Waals surface area contributed by atoms with Gasteiger partial charge in [-0.15, -0.1) is 0 Å². The molecule has 0 spiro atoms. The standard InChI is InChI=1S/C11H11Cl2NO4S/c12-7-1-2-10(9(13)5-7)19(17,18)14-8-3-6(4-8)11(15)16/h1-2,5-6,8,14H,3-4H2,(H,15,16). The molecule has 0 unspecified atom stereocenters. The average molecular weight is 324 g/mol. The fourth-order valence-electron chi connectivity index (χ4n) is 1.89. The highest BCUT2D eigenvalue weighted by molar-refractivity contribution is 7.89. The third kappa shape index (κ3) is 3.20. The van der Waals surface area contributed by atoms with Crippen molar-refractivity contribution in [2.24, 2.45) is 5.92 Å². The maximum Gasteiger partial charge on any atom is 0.306 e. The first kappa shape index (κ1) is 14.6. The molecule has 2 N–H and O–H groups in total. The van der Waals surface area contributed by atoms with E-state index < -0.39 is 21.9 Å². The van der Waals surface area contributed by atoms with Crippen LogP contribution in [-0.4, -0.2) is 25.5 Å². The van der Waals surface area contributed by atoms with Crippen LogP contribution in [0.4, 0.5) is 0 Å². The summed E-state index contributed by atoms with van der Waals surface area (Å²) in [5, 5.41) is 9.11. The molecule has 1 aliphatic rings. The van der Waals surface area contributed by atoms with Crippen LogP contribution in [0.1, 0.15) is 12.8 Å². The number of benzene rings is 1. The molecule has 0 aromatic heterocycles. The molecule has 1 aliphatic carbocycles. The first-order chi connectivity index (χ1) is 8.79. The number of halogens is 2. The Hall–Kier alpha value is -0.820. The van der Waals surface area contributed by atoms with Gasteiger partial charge in [-0.2, -0.15) is 0 Å². The van der Waals surface area contributed by atoms with Crippen LogP contribution >= 0.6 is 23.2 Å². The van der Waals surface area contributed by atoms with Crippen molar-refractivity contribution in [3.05, 3.63) is 28.2 Å². The van der Waals surface area contributed by atoms with E-state index in [1.807, 2.05) is 0 Å². The van der Waals surface area contributed by atoms with Crippen molar-refractivity contribution in [1.82, 2.24) is 4.72 Å². The predicted octanol–water partition coefficient (Wildman–Crippen LogP) is 2.13. The molecular formula is C11H11Cl2NO4S. The summed E-state index contributed by atoms with van der Waals surface area (Å²) in [6, 6.07) is 3.74. The maximum absolute atomic E-state index is 12.1. The van der Waals surface area contributed by atoms with Gasteiger partial charge in [0.25, 0.3) is 0 Å². The van der Waals surface area contributed by atoms with Crippen molar-refractivity contribution < 1.29 is 18.3 Å². The Morgan fingerprint density at radius 3 is 2.47 bits per heavy atom. The van der Waals surface area contributed by atoms with Gasteiger partial charge in [0, 0.05) is 11.1 Å². The molecule has 0 aliphatic heterocycles. The third-order valence-corrected chi connectivity index (χ3v) is 5.23. The molecule has 0 atom stereocenters. The second-order valence-electron chi connectivity index (χ2n) is 4.40. The topological polar surface area (TPSA) is 83.5 Å². The molecule has 8 heteroatoms. The SMILES string of the molecule is O=C(O)C1CC(NS(=O)(=O)c2ccc(Cl)cc2Cl)C1. The van der Waals surface area contributed by atoms with Crippen molar-refractivity contribution in [3.63, 3.8) is 0 Å². The number of hydrogen-bond donors (Lipinski definition) is 2. The second-order valence-corrected chi connectivity index (χ2v) is 6.93. The Morgan fingerprint density at radius 2 is 1.95 bits per heavy atom. The summed E-state index contributed by atoms with van der Waals surface area (Å²) < 4.78 is 26.6. The van der Waals surface area contributed by atoms with Crippen LogP contribution in [0, 0.1) is 5.92 Å². The van der Waals surface area contributed by atoms with Crippen molar-refractivity contribution >= 4 is 39.2 Å². The van der Waals surface area contributed by atoms with Crippen LogP contribution in [0.25, 0.3) is 0 Å². The van der Waals surface area contributed by atoms with Gasteiger partial charge in [0.1, 0.15) is 4.90 Å². The monoisotopic (exact) mass is 323 g/mol. The molecule has 1 aromatic rings. The van der Waals surface area contributed by atoms with Gasteiger partial charge in [0.05, 0.1) is 10.9 Å². The van der Waals surface area contributed by atoms with Crippen molar-refractivity contribution in [2.75, 3.05) is 0 Å². The molecular weight excluding hydrogens is 313 g/mol. The zero-order valence-corrected chi connectivity index (χ0v) is 12.0. The molecule has 1 fully saturated rings. The quantitative estimate of drug-likeness (QED) is 0.889. The largest absolute Gasteiger partial charge is 0.481 e. The number of carbonyl (C=O) groups is 1. The molecule has 0 heterocycles. The van der Waals surface area contributed by atoms with E-state index >= 15 is 0 Å². The van der Waals surface area contributed by atoms with Gasteiger partial charge in [-0.05, 0) is 31.0 Å². The lowest BCUT2D eigenvalue weighted by Gasteiger charge is -2.32. The van der Waals surface area contributed by atoms with Crippen LogP contribution in [0.15, 0.2) is 23.1 Å². The summed E-state index contributed by atoms with van der Waals surface area (Å²) in [5.41, 5.74) is 0. The molecule has 0 radical (unpaired) electrons. The van der Waals surface area contributed by atoms with Crippen molar-refractivity contribution in [2.45, 2.75) is 23.8 Å². The van der Waals surface area contributed by atoms with Crippen LogP contribution in [0.3, 0.4) is 0 Å².